The maximum Gasteiger partial charge on any atom is 0.163 e. The van der Waals surface area contributed by atoms with E-state index in [9.17, 15) is 4.79 Å². The minimum Gasteiger partial charge on any atom is -0.496 e. The number of aromatic nitrogens is 3. The average molecular weight is 217 g/mol. The van der Waals surface area contributed by atoms with Gasteiger partial charge in [0.2, 0.25) is 0 Å². The van der Waals surface area contributed by atoms with Gasteiger partial charge in [0.25, 0.3) is 0 Å². The molecular weight excluding hydrogens is 206 g/mol. The Morgan fingerprint density at radius 1 is 1.31 bits per heavy atom. The number of carbonyl (C=O) groups is 1. The van der Waals surface area contributed by atoms with Gasteiger partial charge >= 0.3 is 0 Å². The minimum atomic E-state index is -0.0307. The Kier molecular flexibility index (Phi) is 2.68. The van der Waals surface area contributed by atoms with Crippen LogP contribution in [-0.4, -0.2) is 27.9 Å². The van der Waals surface area contributed by atoms with Crippen molar-refractivity contribution in [3.05, 3.63) is 36.2 Å². The number of hydrogen-bond donors (Lipinski definition) is 0. The maximum atomic E-state index is 11.3. The first-order valence-corrected chi connectivity index (χ1v) is 4.78. The Balaban J connectivity index is 2.49. The van der Waals surface area contributed by atoms with Crippen LogP contribution in [0.1, 0.15) is 17.3 Å². The van der Waals surface area contributed by atoms with Crippen LogP contribution in [0.3, 0.4) is 0 Å². The molecule has 5 nitrogen and oxygen atoms in total. The van der Waals surface area contributed by atoms with Gasteiger partial charge in [-0.2, -0.15) is 15.0 Å². The smallest absolute Gasteiger partial charge is 0.163 e. The first-order chi connectivity index (χ1) is 7.72. The first kappa shape index (κ1) is 10.4. The summed E-state index contributed by atoms with van der Waals surface area (Å²) >= 11 is 0. The number of nitrogens with zero attached hydrogens (tertiary/aromatic N) is 3. The molecule has 82 valence electrons. The fourth-order valence-corrected chi connectivity index (χ4v) is 1.44. The van der Waals surface area contributed by atoms with E-state index < -0.39 is 0 Å². The minimum absolute atomic E-state index is 0.0307. The highest BCUT2D eigenvalue weighted by molar-refractivity contribution is 5.97. The summed E-state index contributed by atoms with van der Waals surface area (Å²) in [5, 5.41) is 8.00. The van der Waals surface area contributed by atoms with E-state index >= 15 is 0 Å². The van der Waals surface area contributed by atoms with Crippen LogP contribution in [0.5, 0.6) is 5.75 Å². The van der Waals surface area contributed by atoms with Gasteiger partial charge in [0, 0.05) is 6.07 Å². The molecule has 0 aliphatic rings. The Bertz CT molecular complexity index is 506. The summed E-state index contributed by atoms with van der Waals surface area (Å²) in [5.41, 5.74) is 1.31. The molecule has 1 heterocycles. The maximum absolute atomic E-state index is 11.3. The van der Waals surface area contributed by atoms with Crippen molar-refractivity contribution < 1.29 is 9.53 Å². The molecule has 16 heavy (non-hydrogen) atoms. The van der Waals surface area contributed by atoms with Crippen molar-refractivity contribution in [2.24, 2.45) is 0 Å². The molecule has 0 N–H and O–H groups in total. The van der Waals surface area contributed by atoms with Crippen LogP contribution < -0.4 is 4.74 Å². The second-order valence-corrected chi connectivity index (χ2v) is 3.26. The third-order valence-electron chi connectivity index (χ3n) is 2.21. The fraction of sp³-hybridized carbons (Fsp3) is 0.182. The third kappa shape index (κ3) is 1.79. The van der Waals surface area contributed by atoms with Crippen molar-refractivity contribution in [3.63, 3.8) is 0 Å². The van der Waals surface area contributed by atoms with Gasteiger partial charge in [0.15, 0.2) is 5.78 Å². The number of hydrogen-bond acceptors (Lipinski definition) is 4. The third-order valence-corrected chi connectivity index (χ3v) is 2.21. The second kappa shape index (κ2) is 4.14. The largest absolute Gasteiger partial charge is 0.496 e. The van der Waals surface area contributed by atoms with Gasteiger partial charge in [-0.3, -0.25) is 4.79 Å². The lowest BCUT2D eigenvalue weighted by Crippen LogP contribution is -2.02. The molecule has 0 spiro atoms. The first-order valence-electron chi connectivity index (χ1n) is 4.78. The number of rotatable bonds is 3. The lowest BCUT2D eigenvalue weighted by atomic mass is 10.1. The summed E-state index contributed by atoms with van der Waals surface area (Å²) in [6, 6.07) is 5.22. The van der Waals surface area contributed by atoms with Crippen molar-refractivity contribution in [2.45, 2.75) is 6.92 Å². The molecule has 0 bridgehead atoms. The van der Waals surface area contributed by atoms with E-state index in [1.54, 1.807) is 30.6 Å². The summed E-state index contributed by atoms with van der Waals surface area (Å²) in [6.07, 6.45) is 3.18. The van der Waals surface area contributed by atoms with Crippen molar-refractivity contribution in [1.29, 1.82) is 0 Å². The number of ketones is 1. The van der Waals surface area contributed by atoms with Gasteiger partial charge in [-0.25, -0.2) is 0 Å². The molecule has 0 radical (unpaired) electrons. The number of methoxy groups -OCH3 is 1. The molecule has 1 aromatic heterocycles. The second-order valence-electron chi connectivity index (χ2n) is 3.26. The van der Waals surface area contributed by atoms with E-state index in [2.05, 4.69) is 10.2 Å². The zero-order valence-corrected chi connectivity index (χ0v) is 9.04. The van der Waals surface area contributed by atoms with E-state index in [4.69, 9.17) is 4.74 Å². The SMILES string of the molecule is COc1cc(-n2nccn2)ccc1C(C)=O. The molecule has 0 atom stereocenters. The van der Waals surface area contributed by atoms with Gasteiger partial charge < -0.3 is 4.74 Å². The standard InChI is InChI=1S/C11H11N3O2/c1-8(15)10-4-3-9(7-11(10)16-2)14-12-5-6-13-14/h3-7H,1-2H3. The van der Waals surface area contributed by atoms with Gasteiger partial charge in [-0.05, 0) is 19.1 Å². The summed E-state index contributed by atoms with van der Waals surface area (Å²) < 4.78 is 5.16. The Morgan fingerprint density at radius 3 is 2.56 bits per heavy atom. The number of benzene rings is 1. The lowest BCUT2D eigenvalue weighted by molar-refractivity contribution is 0.101. The van der Waals surface area contributed by atoms with Gasteiger partial charge in [-0.15, -0.1) is 0 Å². The van der Waals surface area contributed by atoms with Crippen LogP contribution in [0.25, 0.3) is 5.69 Å². The van der Waals surface area contributed by atoms with Gasteiger partial charge in [0.1, 0.15) is 5.75 Å². The molecule has 0 saturated heterocycles. The zero-order valence-electron chi connectivity index (χ0n) is 9.04. The van der Waals surface area contributed by atoms with Crippen LogP contribution in [0, 0.1) is 0 Å². The quantitative estimate of drug-likeness (QED) is 0.731. The molecule has 0 saturated carbocycles. The summed E-state index contributed by atoms with van der Waals surface area (Å²) in [5.74, 6) is 0.499. The monoisotopic (exact) mass is 217 g/mol. The number of Topliss-reactive ketones (excluding diaryl/α,β-unsaturated/α-hetero) is 1. The predicted octanol–water partition coefficient (Wildman–Crippen LogP) is 1.48. The zero-order chi connectivity index (χ0) is 11.5. The van der Waals surface area contributed by atoms with Crippen LogP contribution in [0.4, 0.5) is 0 Å². The number of ether oxygens (including phenoxy) is 1. The molecular formula is C11H11N3O2. The van der Waals surface area contributed by atoms with Gasteiger partial charge in [0.05, 0.1) is 30.8 Å². The highest BCUT2D eigenvalue weighted by atomic mass is 16.5. The molecule has 2 aromatic rings. The van der Waals surface area contributed by atoms with Crippen molar-refractivity contribution in [3.8, 4) is 11.4 Å². The molecule has 0 unspecified atom stereocenters. The van der Waals surface area contributed by atoms with Crippen LogP contribution >= 0.6 is 0 Å². The lowest BCUT2D eigenvalue weighted by Gasteiger charge is -2.07. The molecule has 0 fully saturated rings. The Morgan fingerprint density at radius 2 is 2.00 bits per heavy atom. The highest BCUT2D eigenvalue weighted by Crippen LogP contribution is 2.21. The summed E-state index contributed by atoms with van der Waals surface area (Å²) in [6.45, 7) is 1.50. The van der Waals surface area contributed by atoms with E-state index in [-0.39, 0.29) is 5.78 Å². The van der Waals surface area contributed by atoms with Crippen molar-refractivity contribution >= 4 is 5.78 Å². The van der Waals surface area contributed by atoms with Crippen LogP contribution in [-0.2, 0) is 0 Å². The van der Waals surface area contributed by atoms with E-state index in [1.807, 2.05) is 0 Å². The van der Waals surface area contributed by atoms with Crippen molar-refractivity contribution in [2.75, 3.05) is 7.11 Å². The van der Waals surface area contributed by atoms with E-state index in [0.29, 0.717) is 11.3 Å². The highest BCUT2D eigenvalue weighted by Gasteiger charge is 2.09. The molecule has 0 amide bonds. The van der Waals surface area contributed by atoms with Crippen LogP contribution in [0.15, 0.2) is 30.6 Å². The molecule has 0 aliphatic heterocycles. The van der Waals surface area contributed by atoms with E-state index in [1.165, 1.54) is 18.8 Å². The number of carbonyl (C=O) groups excluding carboxylic acids is 1. The van der Waals surface area contributed by atoms with Gasteiger partial charge in [-0.1, -0.05) is 0 Å². The van der Waals surface area contributed by atoms with E-state index in [0.717, 1.165) is 5.69 Å². The summed E-state index contributed by atoms with van der Waals surface area (Å²) in [7, 11) is 1.53. The Labute approximate surface area is 92.7 Å². The normalized spacial score (nSPS) is 10.1. The van der Waals surface area contributed by atoms with Crippen LogP contribution in [0.2, 0.25) is 0 Å². The van der Waals surface area contributed by atoms with Crippen molar-refractivity contribution in [1.82, 2.24) is 15.0 Å². The topological polar surface area (TPSA) is 57.0 Å². The Hall–Kier alpha value is -2.17. The molecule has 0 aliphatic carbocycles. The predicted molar refractivity (Wildman–Crippen MR) is 57.9 cm³/mol. The molecule has 2 rings (SSSR count). The summed E-state index contributed by atoms with van der Waals surface area (Å²) in [4.78, 5) is 12.8. The molecule has 5 heteroatoms. The molecule has 1 aromatic carbocycles. The average Bonchev–Trinajstić information content (AvgIpc) is 2.81. The fourth-order valence-electron chi connectivity index (χ4n) is 1.44.